The predicted molar refractivity (Wildman–Crippen MR) is 146 cm³/mol. The molecular weight excluding hydrogens is 528 g/mol. The van der Waals surface area contributed by atoms with Gasteiger partial charge in [-0.05, 0) is 84.2 Å². The molecule has 0 aliphatic heterocycles. The number of fused-ring (bicyclic) bond motifs is 1. The summed E-state index contributed by atoms with van der Waals surface area (Å²) in [4.78, 5) is 33.8. The van der Waals surface area contributed by atoms with Crippen LogP contribution in [0, 0.1) is 6.92 Å². The second-order valence-electron chi connectivity index (χ2n) is 8.34. The van der Waals surface area contributed by atoms with E-state index in [0.29, 0.717) is 39.7 Å². The first-order valence-electron chi connectivity index (χ1n) is 11.4. The van der Waals surface area contributed by atoms with Crippen molar-refractivity contribution in [1.29, 1.82) is 0 Å². The van der Waals surface area contributed by atoms with Gasteiger partial charge in [-0.25, -0.2) is 9.78 Å². The molecule has 1 atom stereocenters. The van der Waals surface area contributed by atoms with Crippen molar-refractivity contribution in [2.75, 3.05) is 11.9 Å². The highest BCUT2D eigenvalue weighted by atomic mass is 79.9. The highest BCUT2D eigenvalue weighted by Gasteiger charge is 2.27. The highest BCUT2D eigenvalue weighted by molar-refractivity contribution is 9.10. The number of hydrogen-bond acceptors (Lipinski definition) is 3. The molecule has 0 radical (unpaired) electrons. The molecule has 1 aromatic heterocycles. The molecule has 1 N–H and O–H groups in total. The van der Waals surface area contributed by atoms with E-state index in [4.69, 9.17) is 16.6 Å². The van der Waals surface area contributed by atoms with Gasteiger partial charge in [0.2, 0.25) is 0 Å². The fourth-order valence-corrected chi connectivity index (χ4v) is 4.74. The van der Waals surface area contributed by atoms with Crippen LogP contribution in [0.2, 0.25) is 5.02 Å². The number of para-hydroxylation sites is 2. The van der Waals surface area contributed by atoms with Crippen molar-refractivity contribution in [2.24, 2.45) is 0 Å². The van der Waals surface area contributed by atoms with Crippen molar-refractivity contribution in [2.45, 2.75) is 33.2 Å². The van der Waals surface area contributed by atoms with Crippen molar-refractivity contribution < 1.29 is 4.79 Å². The summed E-state index contributed by atoms with van der Waals surface area (Å²) in [5, 5.41) is 4.08. The Balaban J connectivity index is 1.86. The zero-order valence-corrected chi connectivity index (χ0v) is 22.1. The minimum atomic E-state index is -0.496. The molecule has 3 aromatic carbocycles. The van der Waals surface area contributed by atoms with Gasteiger partial charge in [0.05, 0.1) is 28.3 Å². The van der Waals surface area contributed by atoms with Crippen LogP contribution < -0.4 is 10.9 Å². The number of rotatable bonds is 6. The van der Waals surface area contributed by atoms with Gasteiger partial charge < -0.3 is 10.2 Å². The Morgan fingerprint density at radius 3 is 2.57 bits per heavy atom. The minimum Gasteiger partial charge on any atom is -0.315 e. The number of halogens is 2. The van der Waals surface area contributed by atoms with Gasteiger partial charge >= 0.3 is 6.03 Å². The van der Waals surface area contributed by atoms with Gasteiger partial charge in [-0.1, -0.05) is 42.8 Å². The summed E-state index contributed by atoms with van der Waals surface area (Å²) < 4.78 is 2.39. The highest BCUT2D eigenvalue weighted by Crippen LogP contribution is 2.27. The monoisotopic (exact) mass is 552 g/mol. The SMILES string of the molecule is CCCN(C(=O)Nc1ccccc1Br)C(C)c1nc2ccccc2c(=O)n1-c1ccc(Cl)cc1C. The lowest BCUT2D eigenvalue weighted by molar-refractivity contribution is 0.189. The average Bonchev–Trinajstić information content (AvgIpc) is 2.84. The lowest BCUT2D eigenvalue weighted by Crippen LogP contribution is -2.40. The number of aromatic nitrogens is 2. The first-order valence-corrected chi connectivity index (χ1v) is 12.6. The molecule has 4 rings (SSSR count). The molecule has 1 unspecified atom stereocenters. The van der Waals surface area contributed by atoms with Crippen molar-refractivity contribution in [3.8, 4) is 5.69 Å². The number of benzene rings is 3. The lowest BCUT2D eigenvalue weighted by Gasteiger charge is -2.30. The number of carbonyl (C=O) groups excluding carboxylic acids is 1. The molecule has 35 heavy (non-hydrogen) atoms. The Kier molecular flexibility index (Phi) is 7.57. The standard InChI is InChI=1S/C27H26BrClN4O2/c1-4-15-32(27(35)31-23-12-8-6-10-21(23)28)18(3)25-30-22-11-7-5-9-20(22)26(34)33(25)24-14-13-19(29)16-17(24)2/h5-14,16,18H,4,15H2,1-3H3,(H,31,35). The van der Waals surface area contributed by atoms with E-state index >= 15 is 0 Å². The second kappa shape index (κ2) is 10.6. The van der Waals surface area contributed by atoms with Crippen LogP contribution in [0.25, 0.3) is 16.6 Å². The largest absolute Gasteiger partial charge is 0.322 e. The third-order valence-corrected chi connectivity index (χ3v) is 6.81. The molecule has 180 valence electrons. The number of amides is 2. The molecule has 4 aromatic rings. The van der Waals surface area contributed by atoms with Crippen molar-refractivity contribution in [3.63, 3.8) is 0 Å². The maximum absolute atomic E-state index is 13.7. The van der Waals surface area contributed by atoms with E-state index in [-0.39, 0.29) is 11.6 Å². The van der Waals surface area contributed by atoms with E-state index in [1.54, 1.807) is 21.6 Å². The summed E-state index contributed by atoms with van der Waals surface area (Å²) in [6, 6.07) is 19.3. The minimum absolute atomic E-state index is 0.189. The first kappa shape index (κ1) is 24.9. The Labute approximate surface area is 217 Å². The van der Waals surface area contributed by atoms with Crippen molar-refractivity contribution in [1.82, 2.24) is 14.5 Å². The Morgan fingerprint density at radius 1 is 1.14 bits per heavy atom. The van der Waals surface area contributed by atoms with E-state index in [9.17, 15) is 9.59 Å². The molecule has 0 aliphatic rings. The van der Waals surface area contributed by atoms with Gasteiger partial charge in [0.15, 0.2) is 0 Å². The molecule has 1 heterocycles. The summed E-state index contributed by atoms with van der Waals surface area (Å²) in [7, 11) is 0. The van der Waals surface area contributed by atoms with E-state index < -0.39 is 6.04 Å². The molecule has 6 nitrogen and oxygen atoms in total. The molecule has 0 saturated carbocycles. The van der Waals surface area contributed by atoms with E-state index in [0.717, 1.165) is 16.5 Å². The molecule has 8 heteroatoms. The number of aryl methyl sites for hydroxylation is 1. The Morgan fingerprint density at radius 2 is 1.86 bits per heavy atom. The van der Waals surface area contributed by atoms with Crippen LogP contribution in [0.1, 0.15) is 37.7 Å². The maximum Gasteiger partial charge on any atom is 0.322 e. The fourth-order valence-electron chi connectivity index (χ4n) is 4.13. The number of urea groups is 1. The van der Waals surface area contributed by atoms with Gasteiger partial charge in [0.25, 0.3) is 5.56 Å². The molecule has 0 saturated heterocycles. The lowest BCUT2D eigenvalue weighted by atomic mass is 10.1. The zero-order chi connectivity index (χ0) is 25.1. The van der Waals surface area contributed by atoms with Crippen LogP contribution in [0.15, 0.2) is 76.0 Å². The van der Waals surface area contributed by atoms with E-state index in [1.165, 1.54) is 0 Å². The predicted octanol–water partition coefficient (Wildman–Crippen LogP) is 7.12. The van der Waals surface area contributed by atoms with Gasteiger partial charge in [-0.3, -0.25) is 9.36 Å². The van der Waals surface area contributed by atoms with Crippen molar-refractivity contribution >= 4 is 50.2 Å². The quantitative estimate of drug-likeness (QED) is 0.276. The Bertz CT molecular complexity index is 1450. The van der Waals surface area contributed by atoms with Crippen molar-refractivity contribution in [3.05, 3.63) is 98.0 Å². The molecular formula is C27H26BrClN4O2. The number of nitrogens with one attached hydrogen (secondary N) is 1. The second-order valence-corrected chi connectivity index (χ2v) is 9.63. The van der Waals surface area contributed by atoms with Crippen LogP contribution in [0.5, 0.6) is 0 Å². The van der Waals surface area contributed by atoms with Crippen LogP contribution in [0.4, 0.5) is 10.5 Å². The molecule has 0 bridgehead atoms. The third kappa shape index (κ3) is 5.11. The summed E-state index contributed by atoms with van der Waals surface area (Å²) in [5.41, 5.74) is 2.59. The average molecular weight is 554 g/mol. The van der Waals surface area contributed by atoms with Gasteiger partial charge in [0.1, 0.15) is 5.82 Å². The van der Waals surface area contributed by atoms with Crippen LogP contribution in [0.3, 0.4) is 0 Å². The maximum atomic E-state index is 13.7. The summed E-state index contributed by atoms with van der Waals surface area (Å²) in [6.07, 6.45) is 0.742. The number of carbonyl (C=O) groups is 1. The van der Waals surface area contributed by atoms with Gasteiger partial charge in [-0.15, -0.1) is 0 Å². The topological polar surface area (TPSA) is 67.2 Å². The van der Waals surface area contributed by atoms with Crippen LogP contribution in [-0.2, 0) is 0 Å². The summed E-state index contributed by atoms with van der Waals surface area (Å²) in [6.45, 7) is 6.30. The van der Waals surface area contributed by atoms with E-state index in [1.807, 2.05) is 75.4 Å². The zero-order valence-electron chi connectivity index (χ0n) is 19.8. The first-order chi connectivity index (χ1) is 16.8. The normalized spacial score (nSPS) is 11.9. The van der Waals surface area contributed by atoms with Crippen LogP contribution >= 0.6 is 27.5 Å². The van der Waals surface area contributed by atoms with Gasteiger partial charge in [-0.2, -0.15) is 0 Å². The molecule has 2 amide bonds. The summed E-state index contributed by atoms with van der Waals surface area (Å²) >= 11 is 9.68. The smallest absolute Gasteiger partial charge is 0.315 e. The van der Waals surface area contributed by atoms with E-state index in [2.05, 4.69) is 21.2 Å². The summed E-state index contributed by atoms with van der Waals surface area (Å²) in [5.74, 6) is 0.481. The number of anilines is 1. The number of nitrogens with zero attached hydrogens (tertiary/aromatic N) is 3. The Hall–Kier alpha value is -3.16. The molecule has 0 fully saturated rings. The van der Waals surface area contributed by atoms with Crippen LogP contribution in [-0.4, -0.2) is 27.0 Å². The molecule has 0 spiro atoms. The van der Waals surface area contributed by atoms with Gasteiger partial charge in [0, 0.05) is 16.0 Å². The molecule has 0 aliphatic carbocycles. The third-order valence-electron chi connectivity index (χ3n) is 5.88. The fraction of sp³-hybridized carbons (Fsp3) is 0.222. The number of hydrogen-bond donors (Lipinski definition) is 1.